The molecule has 0 fully saturated rings. The number of hydrogen-bond donors (Lipinski definition) is 0. The molecule has 0 aliphatic heterocycles. The molecule has 0 saturated heterocycles. The van der Waals surface area contributed by atoms with E-state index in [4.69, 9.17) is 0 Å². The van der Waals surface area contributed by atoms with Crippen LogP contribution < -0.4 is 0 Å². The highest BCUT2D eigenvalue weighted by Gasteiger charge is 2.00. The first-order valence-corrected chi connectivity index (χ1v) is 9.75. The Bertz CT molecular complexity index is 930. The molecule has 0 N–H and O–H groups in total. The standard InChI is InChI=1S/C26H26/c1-3-5-7-9-11-21-13-15-23-20-26-18-22(12-10-8-6-4-2)14-16-24(26)19-25(23)17-21/h13-20H,3-8H2,1-2H3. The van der Waals surface area contributed by atoms with Crippen molar-refractivity contribution in [2.45, 2.75) is 52.4 Å². The summed E-state index contributed by atoms with van der Waals surface area (Å²) in [5.41, 5.74) is 2.21. The van der Waals surface area contributed by atoms with Crippen LogP contribution in [-0.2, 0) is 0 Å². The Morgan fingerprint density at radius 3 is 1.46 bits per heavy atom. The smallest absolute Gasteiger partial charge is 0.0251 e. The Balaban J connectivity index is 1.89. The summed E-state index contributed by atoms with van der Waals surface area (Å²) in [6.45, 7) is 4.40. The lowest BCUT2D eigenvalue weighted by Crippen LogP contribution is -1.81. The van der Waals surface area contributed by atoms with Gasteiger partial charge in [0.05, 0.1) is 0 Å². The molecule has 0 unspecified atom stereocenters. The van der Waals surface area contributed by atoms with Gasteiger partial charge in [0, 0.05) is 24.0 Å². The van der Waals surface area contributed by atoms with Gasteiger partial charge < -0.3 is 0 Å². The molecule has 0 atom stereocenters. The van der Waals surface area contributed by atoms with E-state index in [-0.39, 0.29) is 0 Å². The molecule has 0 nitrogen and oxygen atoms in total. The molecule has 0 heterocycles. The van der Waals surface area contributed by atoms with Gasteiger partial charge in [-0.15, -0.1) is 0 Å². The van der Waals surface area contributed by atoms with E-state index >= 15 is 0 Å². The van der Waals surface area contributed by atoms with Crippen molar-refractivity contribution in [3.63, 3.8) is 0 Å². The summed E-state index contributed by atoms with van der Waals surface area (Å²) in [5, 5.41) is 5.02. The summed E-state index contributed by atoms with van der Waals surface area (Å²) >= 11 is 0. The van der Waals surface area contributed by atoms with Crippen LogP contribution in [0.1, 0.15) is 63.5 Å². The van der Waals surface area contributed by atoms with E-state index in [9.17, 15) is 0 Å². The van der Waals surface area contributed by atoms with Crippen LogP contribution in [-0.4, -0.2) is 0 Å². The maximum absolute atomic E-state index is 3.29. The van der Waals surface area contributed by atoms with E-state index in [1.807, 2.05) is 0 Å². The Hall–Kier alpha value is -2.70. The third kappa shape index (κ3) is 4.68. The summed E-state index contributed by atoms with van der Waals surface area (Å²) in [6.07, 6.45) is 6.71. The normalized spacial score (nSPS) is 10.2. The highest BCUT2D eigenvalue weighted by Crippen LogP contribution is 2.24. The van der Waals surface area contributed by atoms with Gasteiger partial charge in [0.15, 0.2) is 0 Å². The predicted octanol–water partition coefficient (Wildman–Crippen LogP) is 7.08. The van der Waals surface area contributed by atoms with E-state index in [0.29, 0.717) is 0 Å². The topological polar surface area (TPSA) is 0 Å². The zero-order valence-corrected chi connectivity index (χ0v) is 15.9. The van der Waals surface area contributed by atoms with E-state index < -0.39 is 0 Å². The average Bonchev–Trinajstić information content (AvgIpc) is 2.67. The van der Waals surface area contributed by atoms with Crippen molar-refractivity contribution in [2.24, 2.45) is 0 Å². The zero-order chi connectivity index (χ0) is 18.2. The van der Waals surface area contributed by atoms with Crippen molar-refractivity contribution in [3.05, 3.63) is 59.7 Å². The lowest BCUT2D eigenvalue weighted by Gasteiger charge is -2.04. The number of hydrogen-bond acceptors (Lipinski definition) is 0. The fourth-order valence-corrected chi connectivity index (χ4v) is 3.01. The van der Waals surface area contributed by atoms with Crippen LogP contribution in [0.2, 0.25) is 0 Å². The first kappa shape index (κ1) is 18.1. The molecule has 26 heavy (non-hydrogen) atoms. The molecular formula is C26H26. The summed E-state index contributed by atoms with van der Waals surface area (Å²) in [5.74, 6) is 13.1. The van der Waals surface area contributed by atoms with Crippen LogP contribution in [0, 0.1) is 23.7 Å². The van der Waals surface area contributed by atoms with Gasteiger partial charge in [-0.3, -0.25) is 0 Å². The summed E-state index contributed by atoms with van der Waals surface area (Å²) in [4.78, 5) is 0. The van der Waals surface area contributed by atoms with Gasteiger partial charge in [0.25, 0.3) is 0 Å². The van der Waals surface area contributed by atoms with Crippen LogP contribution in [0.5, 0.6) is 0 Å². The highest BCUT2D eigenvalue weighted by molar-refractivity contribution is 5.99. The van der Waals surface area contributed by atoms with Gasteiger partial charge in [0.1, 0.15) is 0 Å². The van der Waals surface area contributed by atoms with Crippen LogP contribution in [0.3, 0.4) is 0 Å². The summed E-state index contributed by atoms with van der Waals surface area (Å²) in [6, 6.07) is 17.5. The fourth-order valence-electron chi connectivity index (χ4n) is 3.01. The van der Waals surface area contributed by atoms with Crippen molar-refractivity contribution in [3.8, 4) is 23.7 Å². The molecule has 130 valence electrons. The second-order valence-electron chi connectivity index (χ2n) is 6.79. The number of benzene rings is 3. The van der Waals surface area contributed by atoms with Crippen molar-refractivity contribution in [1.82, 2.24) is 0 Å². The second kappa shape index (κ2) is 9.12. The predicted molar refractivity (Wildman–Crippen MR) is 114 cm³/mol. The molecule has 0 aliphatic carbocycles. The first-order valence-electron chi connectivity index (χ1n) is 9.75. The van der Waals surface area contributed by atoms with E-state index in [2.05, 4.69) is 86.1 Å². The largest absolute Gasteiger partial charge is 0.0979 e. The lowest BCUT2D eigenvalue weighted by atomic mass is 10.00. The quantitative estimate of drug-likeness (QED) is 0.271. The Morgan fingerprint density at radius 1 is 0.577 bits per heavy atom. The van der Waals surface area contributed by atoms with Crippen molar-refractivity contribution in [2.75, 3.05) is 0 Å². The fraction of sp³-hybridized carbons (Fsp3) is 0.308. The lowest BCUT2D eigenvalue weighted by molar-refractivity contribution is 0.828. The molecule has 0 saturated carbocycles. The minimum atomic E-state index is 0.980. The van der Waals surface area contributed by atoms with Gasteiger partial charge in [0.2, 0.25) is 0 Å². The van der Waals surface area contributed by atoms with Gasteiger partial charge in [-0.2, -0.15) is 0 Å². The van der Waals surface area contributed by atoms with Gasteiger partial charge in [-0.25, -0.2) is 0 Å². The van der Waals surface area contributed by atoms with Crippen LogP contribution in [0.4, 0.5) is 0 Å². The van der Waals surface area contributed by atoms with Gasteiger partial charge in [-0.1, -0.05) is 62.5 Å². The molecule has 0 aromatic heterocycles. The summed E-state index contributed by atoms with van der Waals surface area (Å²) in [7, 11) is 0. The van der Waals surface area contributed by atoms with E-state index in [1.54, 1.807) is 0 Å². The maximum atomic E-state index is 3.29. The number of unbranched alkanes of at least 4 members (excludes halogenated alkanes) is 4. The number of rotatable bonds is 4. The highest BCUT2D eigenvalue weighted by atomic mass is 14.0. The molecule has 3 rings (SSSR count). The molecule has 0 bridgehead atoms. The summed E-state index contributed by atoms with van der Waals surface area (Å²) < 4.78 is 0. The zero-order valence-electron chi connectivity index (χ0n) is 15.9. The third-order valence-electron chi connectivity index (χ3n) is 4.57. The monoisotopic (exact) mass is 338 g/mol. The SMILES string of the molecule is CCCCC#Cc1ccc2cc3cc(C#CCCCC)ccc3cc2c1. The maximum Gasteiger partial charge on any atom is 0.0251 e. The Kier molecular flexibility index (Phi) is 6.35. The van der Waals surface area contributed by atoms with Crippen molar-refractivity contribution >= 4 is 21.5 Å². The third-order valence-corrected chi connectivity index (χ3v) is 4.57. The van der Waals surface area contributed by atoms with Gasteiger partial charge >= 0.3 is 0 Å². The minimum Gasteiger partial charge on any atom is -0.0979 e. The molecule has 3 aromatic carbocycles. The van der Waals surface area contributed by atoms with Crippen LogP contribution in [0.15, 0.2) is 48.5 Å². The number of fused-ring (bicyclic) bond motifs is 2. The molecule has 0 amide bonds. The Morgan fingerprint density at radius 2 is 1.04 bits per heavy atom. The van der Waals surface area contributed by atoms with Crippen LogP contribution >= 0.6 is 0 Å². The van der Waals surface area contributed by atoms with Crippen molar-refractivity contribution in [1.29, 1.82) is 0 Å². The molecule has 0 aliphatic rings. The minimum absolute atomic E-state index is 0.980. The second-order valence-corrected chi connectivity index (χ2v) is 6.79. The van der Waals surface area contributed by atoms with E-state index in [0.717, 1.165) is 24.0 Å². The molecule has 0 radical (unpaired) electrons. The molecule has 3 aromatic rings. The molecule has 0 spiro atoms. The van der Waals surface area contributed by atoms with Gasteiger partial charge in [-0.05, 0) is 70.8 Å². The first-order chi connectivity index (χ1) is 12.8. The Labute approximate surface area is 157 Å². The van der Waals surface area contributed by atoms with Crippen molar-refractivity contribution < 1.29 is 0 Å². The van der Waals surface area contributed by atoms with E-state index in [1.165, 1.54) is 47.2 Å². The average molecular weight is 338 g/mol. The molecule has 0 heteroatoms. The van der Waals surface area contributed by atoms with Crippen LogP contribution in [0.25, 0.3) is 21.5 Å². The molecular weight excluding hydrogens is 312 g/mol.